The maximum Gasteiger partial charge on any atom is 0.180 e. The number of aromatic nitrogens is 6. The smallest absolute Gasteiger partial charge is 0.180 e. The zero-order valence-electron chi connectivity index (χ0n) is 26.2. The van der Waals surface area contributed by atoms with Crippen molar-refractivity contribution in [3.63, 3.8) is 0 Å². The second-order valence-corrected chi connectivity index (χ2v) is 13.1. The summed E-state index contributed by atoms with van der Waals surface area (Å²) in [5.41, 5.74) is 12.9. The lowest BCUT2D eigenvalue weighted by atomic mass is 10.1. The summed E-state index contributed by atoms with van der Waals surface area (Å²) in [7, 11) is 3.30. The van der Waals surface area contributed by atoms with Crippen molar-refractivity contribution in [3.05, 3.63) is 98.2 Å². The van der Waals surface area contributed by atoms with Crippen LogP contribution >= 0.6 is 22.7 Å². The molecule has 0 amide bonds. The summed E-state index contributed by atoms with van der Waals surface area (Å²) < 4.78 is 19.7. The highest BCUT2D eigenvalue weighted by Gasteiger charge is 2.22. The van der Waals surface area contributed by atoms with Gasteiger partial charge in [0.1, 0.15) is 11.5 Å². The highest BCUT2D eigenvalue weighted by Crippen LogP contribution is 2.35. The first-order chi connectivity index (χ1) is 22.9. The minimum atomic E-state index is -0.174. The van der Waals surface area contributed by atoms with E-state index in [9.17, 15) is 10.2 Å². The number of nitrogen functional groups attached to an aromatic ring is 1. The Hall–Kier alpha value is -4.60. The summed E-state index contributed by atoms with van der Waals surface area (Å²) in [6.45, 7) is 3.95. The second-order valence-electron chi connectivity index (χ2n) is 10.7. The van der Waals surface area contributed by atoms with Crippen LogP contribution in [0.4, 0.5) is 5.13 Å². The Morgan fingerprint density at radius 3 is 2.00 bits per heavy atom. The quantitative estimate of drug-likeness (QED) is 0.190. The van der Waals surface area contributed by atoms with E-state index in [4.69, 9.17) is 19.9 Å². The molecule has 0 atom stereocenters. The number of nitrogens with zero attached hydrogens (tertiary/aromatic N) is 6. The fourth-order valence-electron chi connectivity index (χ4n) is 5.25. The van der Waals surface area contributed by atoms with Crippen LogP contribution in [0.3, 0.4) is 0 Å². The normalized spacial score (nSPS) is 12.1. The molecule has 1 aliphatic rings. The van der Waals surface area contributed by atoms with Gasteiger partial charge in [0.05, 0.1) is 91.3 Å². The molecule has 14 heteroatoms. The van der Waals surface area contributed by atoms with Crippen molar-refractivity contribution in [1.29, 1.82) is 0 Å². The van der Waals surface area contributed by atoms with E-state index in [1.54, 1.807) is 18.9 Å². The van der Waals surface area contributed by atoms with Crippen molar-refractivity contribution in [1.82, 2.24) is 29.5 Å². The van der Waals surface area contributed by atoms with Gasteiger partial charge in [-0.2, -0.15) is 10.2 Å². The van der Waals surface area contributed by atoms with Crippen molar-refractivity contribution in [2.24, 2.45) is 0 Å². The van der Waals surface area contributed by atoms with Gasteiger partial charge in [0.25, 0.3) is 0 Å². The van der Waals surface area contributed by atoms with Crippen molar-refractivity contribution >= 4 is 27.8 Å². The van der Waals surface area contributed by atoms with E-state index < -0.39 is 0 Å². The van der Waals surface area contributed by atoms with E-state index in [0.29, 0.717) is 42.8 Å². The molecule has 0 saturated carbocycles. The van der Waals surface area contributed by atoms with E-state index in [-0.39, 0.29) is 13.2 Å². The van der Waals surface area contributed by atoms with E-state index in [2.05, 4.69) is 20.2 Å². The van der Waals surface area contributed by atoms with Crippen LogP contribution in [0.1, 0.15) is 37.3 Å². The first-order valence-electron chi connectivity index (χ1n) is 14.8. The number of fused-ring (bicyclic) bond motifs is 3. The molecule has 1 aliphatic heterocycles. The highest BCUT2D eigenvalue weighted by atomic mass is 32.1. The molecule has 0 fully saturated rings. The molecule has 7 rings (SSSR count). The predicted molar refractivity (Wildman–Crippen MR) is 180 cm³/mol. The second kappa shape index (κ2) is 14.4. The fourth-order valence-corrected chi connectivity index (χ4v) is 6.84. The monoisotopic (exact) mass is 673 g/mol. The summed E-state index contributed by atoms with van der Waals surface area (Å²) in [4.78, 5) is 10.8. The first-order valence-corrected chi connectivity index (χ1v) is 16.4. The predicted octanol–water partition coefficient (Wildman–Crippen LogP) is 5.03. The highest BCUT2D eigenvalue weighted by molar-refractivity contribution is 7.15. The van der Waals surface area contributed by atoms with Crippen LogP contribution in [0.2, 0.25) is 0 Å². The lowest BCUT2D eigenvalue weighted by Crippen LogP contribution is -2.02. The fraction of sp³-hybridized carbons (Fsp3) is 0.273. The van der Waals surface area contributed by atoms with Crippen LogP contribution in [0.5, 0.6) is 11.5 Å². The molecule has 0 saturated heterocycles. The Balaban J connectivity index is 0.000000164. The minimum absolute atomic E-state index is 0.0740. The lowest BCUT2D eigenvalue weighted by molar-refractivity contribution is 0.108. The maximum atomic E-state index is 9.62. The molecule has 2 aromatic carbocycles. The third kappa shape index (κ3) is 7.37. The van der Waals surface area contributed by atoms with Crippen LogP contribution in [0, 0.1) is 6.92 Å². The van der Waals surface area contributed by atoms with Crippen molar-refractivity contribution < 1.29 is 24.4 Å². The topological polar surface area (TPSA) is 156 Å². The summed E-state index contributed by atoms with van der Waals surface area (Å²) in [5, 5.41) is 29.7. The Morgan fingerprint density at radius 2 is 1.40 bits per heavy atom. The number of thiazole rings is 2. The number of nitrogens with two attached hydrogens (primary N) is 1. The van der Waals surface area contributed by atoms with Crippen LogP contribution in [0.25, 0.3) is 22.5 Å². The van der Waals surface area contributed by atoms with E-state index in [1.807, 2.05) is 72.5 Å². The molecule has 0 spiro atoms. The number of hydrogen-bond donors (Lipinski definition) is 3. The zero-order chi connectivity index (χ0) is 32.9. The minimum Gasteiger partial charge on any atom is -0.497 e. The van der Waals surface area contributed by atoms with Crippen molar-refractivity contribution in [2.45, 2.75) is 46.4 Å². The van der Waals surface area contributed by atoms with E-state index >= 15 is 0 Å². The number of ether oxygens (including phenoxy) is 3. The lowest BCUT2D eigenvalue weighted by Gasteiger charge is -2.04. The van der Waals surface area contributed by atoms with E-state index in [1.165, 1.54) is 22.7 Å². The Bertz CT molecular complexity index is 1940. The van der Waals surface area contributed by atoms with Gasteiger partial charge in [-0.3, -0.25) is 9.36 Å². The molecular weight excluding hydrogens is 639 g/mol. The molecule has 0 bridgehead atoms. The first kappa shape index (κ1) is 32.3. The average Bonchev–Trinajstić information content (AvgIpc) is 3.85. The molecule has 12 nitrogen and oxygen atoms in total. The van der Waals surface area contributed by atoms with Crippen LogP contribution in [-0.2, 0) is 44.3 Å². The largest absolute Gasteiger partial charge is 0.497 e. The zero-order valence-corrected chi connectivity index (χ0v) is 27.8. The summed E-state index contributed by atoms with van der Waals surface area (Å²) >= 11 is 2.93. The van der Waals surface area contributed by atoms with Crippen LogP contribution in [-0.4, -0.2) is 54.0 Å². The van der Waals surface area contributed by atoms with Gasteiger partial charge in [0, 0.05) is 23.5 Å². The molecule has 0 aliphatic carbocycles. The number of anilines is 1. The molecule has 4 aromatic heterocycles. The van der Waals surface area contributed by atoms with Gasteiger partial charge in [-0.1, -0.05) is 35.6 Å². The molecule has 5 heterocycles. The number of methoxy groups -OCH3 is 2. The molecule has 4 N–H and O–H groups in total. The third-order valence-electron chi connectivity index (χ3n) is 7.48. The van der Waals surface area contributed by atoms with Crippen LogP contribution < -0.4 is 15.2 Å². The van der Waals surface area contributed by atoms with Gasteiger partial charge < -0.3 is 30.2 Å². The summed E-state index contributed by atoms with van der Waals surface area (Å²) in [6, 6.07) is 15.7. The number of benzene rings is 2. The van der Waals surface area contributed by atoms with Gasteiger partial charge in [-0.15, -0.1) is 11.3 Å². The number of hydrogen-bond acceptors (Lipinski definition) is 12. The Labute approximate surface area is 279 Å². The molecule has 6 aromatic rings. The molecule has 47 heavy (non-hydrogen) atoms. The Morgan fingerprint density at radius 1 is 0.787 bits per heavy atom. The molecule has 0 radical (unpaired) electrons. The van der Waals surface area contributed by atoms with Crippen molar-refractivity contribution in [3.8, 4) is 34.0 Å². The molecule has 244 valence electrons. The van der Waals surface area contributed by atoms with Gasteiger partial charge in [0.15, 0.2) is 5.13 Å². The maximum absolute atomic E-state index is 9.62. The van der Waals surface area contributed by atoms with E-state index in [0.717, 1.165) is 59.9 Å². The van der Waals surface area contributed by atoms with Crippen LogP contribution in [0.15, 0.2) is 60.9 Å². The van der Waals surface area contributed by atoms with Gasteiger partial charge in [-0.05, 0) is 42.3 Å². The SMILES string of the molecule is COc1ccc(Cn2cc(-c3nc(C)sc3CO)c(CO)n2)cc1.COc1ccc(Cn2cc3c(n2)COCc2sc(N)nc2-3)cc1. The average molecular weight is 674 g/mol. The standard InChI is InChI=1S/C17H19N3O3S.C16H16N4O2S/c1-11-18-17(16(10-22)24-11)14-8-20(19-15(14)9-21)7-12-3-5-13(23-2)6-4-12;1-21-11-4-2-10(3-5-11)6-20-7-12-13(19-20)8-22-9-14-15(12)18-16(17)23-14/h3-6,8,21-22H,7,9-10H2,1-2H3;2-5,7H,6,8-9H2,1H3,(H2,17,18). The number of aliphatic hydroxyl groups excluding tert-OH is 2. The summed E-state index contributed by atoms with van der Waals surface area (Å²) in [5.74, 6) is 1.66. The molecule has 0 unspecified atom stereocenters. The Kier molecular flexibility index (Phi) is 9.94. The van der Waals surface area contributed by atoms with Crippen molar-refractivity contribution in [2.75, 3.05) is 20.0 Å². The third-order valence-corrected chi connectivity index (χ3v) is 9.29. The number of rotatable bonds is 9. The number of aryl methyl sites for hydroxylation is 1. The summed E-state index contributed by atoms with van der Waals surface area (Å²) in [6.07, 6.45) is 3.88. The van der Waals surface area contributed by atoms with Gasteiger partial charge >= 0.3 is 0 Å². The number of aliphatic hydroxyl groups is 2. The van der Waals surface area contributed by atoms with Gasteiger partial charge in [0.2, 0.25) is 0 Å². The van der Waals surface area contributed by atoms with Gasteiger partial charge in [-0.25, -0.2) is 9.97 Å². The molecular formula is C33H35N7O5S2.